The molecule has 0 aliphatic carbocycles. The second-order valence-electron chi connectivity index (χ2n) is 5.85. The maximum atomic E-state index is 12.1. The van der Waals surface area contributed by atoms with Gasteiger partial charge < -0.3 is 20.1 Å². The van der Waals surface area contributed by atoms with Crippen LogP contribution in [0.15, 0.2) is 48.5 Å². The predicted molar refractivity (Wildman–Crippen MR) is 102 cm³/mol. The first-order chi connectivity index (χ1) is 12.1. The number of hydrogen-bond acceptors (Lipinski definition) is 4. The summed E-state index contributed by atoms with van der Waals surface area (Å²) >= 11 is 0. The molecule has 0 bridgehead atoms. The highest BCUT2D eigenvalue weighted by Gasteiger charge is 2.05. The van der Waals surface area contributed by atoms with Gasteiger partial charge in [0.1, 0.15) is 11.5 Å². The minimum atomic E-state index is -0.0427. The molecule has 0 aromatic heterocycles. The lowest BCUT2D eigenvalue weighted by molar-refractivity contribution is -0.115. The van der Waals surface area contributed by atoms with Gasteiger partial charge in [-0.15, -0.1) is 0 Å². The lowest BCUT2D eigenvalue weighted by Gasteiger charge is -2.12. The van der Waals surface area contributed by atoms with Gasteiger partial charge in [-0.3, -0.25) is 4.79 Å². The summed E-state index contributed by atoms with van der Waals surface area (Å²) in [5.41, 5.74) is 1.66. The number of para-hydroxylation sites is 2. The van der Waals surface area contributed by atoms with E-state index >= 15 is 0 Å². The molecule has 0 radical (unpaired) electrons. The summed E-state index contributed by atoms with van der Waals surface area (Å²) in [4.78, 5) is 12.1. The molecule has 2 aromatic carbocycles. The number of hydrogen-bond donors (Lipinski definition) is 2. The van der Waals surface area contributed by atoms with Crippen LogP contribution in [0.2, 0.25) is 0 Å². The van der Waals surface area contributed by atoms with Crippen LogP contribution in [-0.4, -0.2) is 25.2 Å². The van der Waals surface area contributed by atoms with Crippen molar-refractivity contribution in [2.24, 2.45) is 0 Å². The Morgan fingerprint density at radius 2 is 1.80 bits per heavy atom. The molecule has 5 nitrogen and oxygen atoms in total. The number of anilines is 2. The van der Waals surface area contributed by atoms with Crippen LogP contribution < -0.4 is 20.1 Å². The third-order valence-electron chi connectivity index (χ3n) is 3.36. The van der Waals surface area contributed by atoms with Crippen molar-refractivity contribution in [2.75, 3.05) is 23.8 Å². The third-order valence-corrected chi connectivity index (χ3v) is 3.36. The zero-order valence-corrected chi connectivity index (χ0v) is 15.0. The molecule has 25 heavy (non-hydrogen) atoms. The van der Waals surface area contributed by atoms with Gasteiger partial charge in [0.05, 0.1) is 18.4 Å². The van der Waals surface area contributed by atoms with E-state index in [-0.39, 0.29) is 12.0 Å². The van der Waals surface area contributed by atoms with E-state index in [0.717, 1.165) is 22.9 Å². The third kappa shape index (κ3) is 6.37. The van der Waals surface area contributed by atoms with Crippen molar-refractivity contribution in [1.29, 1.82) is 0 Å². The fraction of sp³-hybridized carbons (Fsp3) is 0.350. The number of carbonyl (C=O) groups excluding carboxylic acids is 1. The molecule has 0 saturated carbocycles. The van der Waals surface area contributed by atoms with Crippen LogP contribution in [0.1, 0.15) is 27.2 Å². The lowest BCUT2D eigenvalue weighted by Crippen LogP contribution is -2.16. The topological polar surface area (TPSA) is 59.6 Å². The molecule has 134 valence electrons. The molecule has 0 spiro atoms. The standard InChI is InChI=1S/C20H26N2O3/c1-4-24-19-8-6-5-7-18(19)21-14-13-20(23)22-16-9-11-17(12-10-16)25-15(2)3/h5-12,15,21H,4,13-14H2,1-3H3,(H,22,23). The van der Waals surface area contributed by atoms with E-state index in [1.165, 1.54) is 0 Å². The highest BCUT2D eigenvalue weighted by Crippen LogP contribution is 2.23. The quantitative estimate of drug-likeness (QED) is 0.713. The first-order valence-electron chi connectivity index (χ1n) is 8.60. The van der Waals surface area contributed by atoms with E-state index in [2.05, 4.69) is 10.6 Å². The molecule has 2 rings (SSSR count). The first kappa shape index (κ1) is 18.6. The van der Waals surface area contributed by atoms with Gasteiger partial charge in [-0.2, -0.15) is 0 Å². The van der Waals surface area contributed by atoms with Gasteiger partial charge in [0.15, 0.2) is 0 Å². The minimum Gasteiger partial charge on any atom is -0.492 e. The molecular weight excluding hydrogens is 316 g/mol. The van der Waals surface area contributed by atoms with Crippen molar-refractivity contribution >= 4 is 17.3 Å². The fourth-order valence-corrected chi connectivity index (χ4v) is 2.32. The van der Waals surface area contributed by atoms with E-state index in [1.54, 1.807) is 0 Å². The van der Waals surface area contributed by atoms with Crippen LogP contribution in [0.4, 0.5) is 11.4 Å². The summed E-state index contributed by atoms with van der Waals surface area (Å²) in [6.45, 7) is 7.04. The van der Waals surface area contributed by atoms with Gasteiger partial charge in [0.25, 0.3) is 0 Å². The Kier molecular flexibility index (Phi) is 7.14. The van der Waals surface area contributed by atoms with Crippen LogP contribution in [0.25, 0.3) is 0 Å². The number of benzene rings is 2. The highest BCUT2D eigenvalue weighted by atomic mass is 16.5. The summed E-state index contributed by atoms with van der Waals surface area (Å²) < 4.78 is 11.1. The summed E-state index contributed by atoms with van der Waals surface area (Å²) in [5.74, 6) is 1.55. The molecule has 5 heteroatoms. The van der Waals surface area contributed by atoms with E-state index in [1.807, 2.05) is 69.3 Å². The maximum absolute atomic E-state index is 12.1. The van der Waals surface area contributed by atoms with Crippen molar-refractivity contribution in [3.63, 3.8) is 0 Å². The van der Waals surface area contributed by atoms with Crippen LogP contribution in [0, 0.1) is 0 Å². The number of carbonyl (C=O) groups is 1. The van der Waals surface area contributed by atoms with E-state index in [0.29, 0.717) is 19.6 Å². The van der Waals surface area contributed by atoms with E-state index in [4.69, 9.17) is 9.47 Å². The molecule has 0 atom stereocenters. The van der Waals surface area contributed by atoms with E-state index < -0.39 is 0 Å². The van der Waals surface area contributed by atoms with Crippen LogP contribution in [-0.2, 0) is 4.79 Å². The SMILES string of the molecule is CCOc1ccccc1NCCC(=O)Nc1ccc(OC(C)C)cc1. The molecule has 0 aliphatic heterocycles. The summed E-state index contributed by atoms with van der Waals surface area (Å²) in [6, 6.07) is 15.1. The smallest absolute Gasteiger partial charge is 0.226 e. The number of amides is 1. The highest BCUT2D eigenvalue weighted by molar-refractivity contribution is 5.91. The van der Waals surface area contributed by atoms with Gasteiger partial charge in [-0.25, -0.2) is 0 Å². The Balaban J connectivity index is 1.79. The Bertz CT molecular complexity index is 669. The zero-order valence-electron chi connectivity index (χ0n) is 15.0. The second kappa shape index (κ2) is 9.57. The van der Waals surface area contributed by atoms with Gasteiger partial charge >= 0.3 is 0 Å². The molecule has 1 amide bonds. The average molecular weight is 342 g/mol. The molecule has 0 fully saturated rings. The monoisotopic (exact) mass is 342 g/mol. The lowest BCUT2D eigenvalue weighted by atomic mass is 10.2. The zero-order chi connectivity index (χ0) is 18.1. The molecule has 2 aromatic rings. The summed E-state index contributed by atoms with van der Waals surface area (Å²) in [5, 5.41) is 6.12. The largest absolute Gasteiger partial charge is 0.492 e. The van der Waals surface area contributed by atoms with Crippen LogP contribution >= 0.6 is 0 Å². The van der Waals surface area contributed by atoms with Crippen molar-refractivity contribution in [1.82, 2.24) is 0 Å². The van der Waals surface area contributed by atoms with Crippen molar-refractivity contribution in [3.05, 3.63) is 48.5 Å². The molecule has 0 saturated heterocycles. The van der Waals surface area contributed by atoms with Crippen molar-refractivity contribution < 1.29 is 14.3 Å². The number of ether oxygens (including phenoxy) is 2. The summed E-state index contributed by atoms with van der Waals surface area (Å²) in [6.07, 6.45) is 0.496. The van der Waals surface area contributed by atoms with E-state index in [9.17, 15) is 4.79 Å². The molecule has 0 unspecified atom stereocenters. The normalized spacial score (nSPS) is 10.4. The Hall–Kier alpha value is -2.69. The van der Waals surface area contributed by atoms with Gasteiger partial charge in [0, 0.05) is 18.7 Å². The van der Waals surface area contributed by atoms with Gasteiger partial charge in [-0.1, -0.05) is 12.1 Å². The Morgan fingerprint density at radius 3 is 2.48 bits per heavy atom. The fourth-order valence-electron chi connectivity index (χ4n) is 2.32. The molecule has 0 aliphatic rings. The molecule has 2 N–H and O–H groups in total. The van der Waals surface area contributed by atoms with Gasteiger partial charge in [0.2, 0.25) is 5.91 Å². The Morgan fingerprint density at radius 1 is 1.08 bits per heavy atom. The minimum absolute atomic E-state index is 0.0427. The first-order valence-corrected chi connectivity index (χ1v) is 8.60. The second-order valence-corrected chi connectivity index (χ2v) is 5.85. The molecular formula is C20H26N2O3. The molecule has 0 heterocycles. The number of rotatable bonds is 9. The maximum Gasteiger partial charge on any atom is 0.226 e. The van der Waals surface area contributed by atoms with Crippen LogP contribution in [0.3, 0.4) is 0 Å². The van der Waals surface area contributed by atoms with Gasteiger partial charge in [-0.05, 0) is 57.2 Å². The average Bonchev–Trinajstić information content (AvgIpc) is 2.58. The number of nitrogens with one attached hydrogen (secondary N) is 2. The predicted octanol–water partition coefficient (Wildman–Crippen LogP) is 4.31. The van der Waals surface area contributed by atoms with Crippen LogP contribution in [0.5, 0.6) is 11.5 Å². The van der Waals surface area contributed by atoms with Crippen molar-refractivity contribution in [3.8, 4) is 11.5 Å². The Labute approximate surface area is 149 Å². The summed E-state index contributed by atoms with van der Waals surface area (Å²) in [7, 11) is 0. The van der Waals surface area contributed by atoms with Crippen molar-refractivity contribution in [2.45, 2.75) is 33.3 Å².